The molecule has 2 aromatic carbocycles. The number of likely N-dealkylation sites (tertiary alicyclic amines) is 2. The topological polar surface area (TPSA) is 32.8 Å². The van der Waals surface area contributed by atoms with Crippen molar-refractivity contribution < 1.29 is 9.53 Å². The molecule has 2 aliphatic rings. The number of esters is 1. The number of carbonyl (C=O) groups is 1. The lowest BCUT2D eigenvalue weighted by Gasteiger charge is -2.45. The van der Waals surface area contributed by atoms with E-state index >= 15 is 0 Å². The van der Waals surface area contributed by atoms with E-state index < -0.39 is 0 Å². The van der Waals surface area contributed by atoms with Gasteiger partial charge in [-0.1, -0.05) is 60.7 Å². The number of ether oxygens (including phenoxy) is 1. The van der Waals surface area contributed by atoms with E-state index in [0.29, 0.717) is 12.6 Å². The molecule has 2 aliphatic heterocycles. The lowest BCUT2D eigenvalue weighted by molar-refractivity contribution is -0.159. The molecule has 4 heteroatoms. The first-order chi connectivity index (χ1) is 15.7. The van der Waals surface area contributed by atoms with Gasteiger partial charge in [0.2, 0.25) is 0 Å². The number of piperidine rings is 2. The summed E-state index contributed by atoms with van der Waals surface area (Å²) >= 11 is 0. The highest BCUT2D eigenvalue weighted by Gasteiger charge is 2.44. The summed E-state index contributed by atoms with van der Waals surface area (Å²) in [6.45, 7) is 7.89. The van der Waals surface area contributed by atoms with Crippen LogP contribution in [-0.4, -0.2) is 61.1 Å². The third kappa shape index (κ3) is 5.79. The molecule has 0 aliphatic carbocycles. The van der Waals surface area contributed by atoms with E-state index in [-0.39, 0.29) is 11.4 Å². The molecule has 0 aromatic heterocycles. The van der Waals surface area contributed by atoms with Gasteiger partial charge in [-0.3, -0.25) is 4.79 Å². The van der Waals surface area contributed by atoms with E-state index in [0.717, 1.165) is 45.3 Å². The number of hydrogen-bond donors (Lipinski definition) is 0. The zero-order chi connectivity index (χ0) is 22.2. The maximum Gasteiger partial charge on any atom is 0.312 e. The van der Waals surface area contributed by atoms with Crippen molar-refractivity contribution in [1.29, 1.82) is 0 Å². The van der Waals surface area contributed by atoms with Gasteiger partial charge in [0.15, 0.2) is 0 Å². The summed E-state index contributed by atoms with van der Waals surface area (Å²) in [7, 11) is 0. The van der Waals surface area contributed by atoms with Crippen LogP contribution in [0, 0.1) is 5.41 Å². The molecule has 0 saturated carbocycles. The largest absolute Gasteiger partial charge is 0.466 e. The second kappa shape index (κ2) is 11.1. The molecule has 0 radical (unpaired) electrons. The molecule has 0 unspecified atom stereocenters. The number of hydrogen-bond acceptors (Lipinski definition) is 4. The highest BCUT2D eigenvalue weighted by atomic mass is 16.5. The SMILES string of the molecule is CCOC(=O)C1(Cc2ccccc2)CCN(C2CCN(CCc3ccccc3)CC2)CC1. The van der Waals surface area contributed by atoms with Gasteiger partial charge in [-0.05, 0) is 82.8 Å². The van der Waals surface area contributed by atoms with Crippen LogP contribution in [0.15, 0.2) is 60.7 Å². The van der Waals surface area contributed by atoms with Crippen molar-refractivity contribution in [2.45, 2.75) is 51.5 Å². The first-order valence-electron chi connectivity index (χ1n) is 12.4. The van der Waals surface area contributed by atoms with Crippen molar-refractivity contribution in [2.24, 2.45) is 5.41 Å². The maximum atomic E-state index is 13.0. The molecule has 0 bridgehead atoms. The zero-order valence-electron chi connectivity index (χ0n) is 19.5. The summed E-state index contributed by atoms with van der Waals surface area (Å²) in [6.07, 6.45) is 6.19. The first-order valence-corrected chi connectivity index (χ1v) is 12.4. The second-order valence-electron chi connectivity index (χ2n) is 9.51. The monoisotopic (exact) mass is 434 g/mol. The Kier molecular flexibility index (Phi) is 7.99. The molecule has 2 heterocycles. The molecule has 2 saturated heterocycles. The average Bonchev–Trinajstić information content (AvgIpc) is 2.85. The lowest BCUT2D eigenvalue weighted by atomic mass is 9.73. The Bertz CT molecular complexity index is 823. The molecule has 2 fully saturated rings. The molecular formula is C28H38N2O2. The van der Waals surface area contributed by atoms with Crippen molar-refractivity contribution in [3.63, 3.8) is 0 Å². The van der Waals surface area contributed by atoms with Crippen LogP contribution in [0.1, 0.15) is 43.7 Å². The highest BCUT2D eigenvalue weighted by Crippen LogP contribution is 2.38. The second-order valence-corrected chi connectivity index (χ2v) is 9.51. The molecule has 2 aromatic rings. The molecule has 32 heavy (non-hydrogen) atoms. The van der Waals surface area contributed by atoms with Crippen molar-refractivity contribution >= 4 is 5.97 Å². The average molecular weight is 435 g/mol. The van der Waals surface area contributed by atoms with E-state index in [1.165, 1.54) is 37.1 Å². The van der Waals surface area contributed by atoms with Crippen LogP contribution in [0.5, 0.6) is 0 Å². The van der Waals surface area contributed by atoms with Crippen LogP contribution in [0.4, 0.5) is 0 Å². The summed E-state index contributed by atoms with van der Waals surface area (Å²) in [5, 5.41) is 0. The Balaban J connectivity index is 1.28. The molecule has 0 spiro atoms. The smallest absolute Gasteiger partial charge is 0.312 e. The molecular weight excluding hydrogens is 396 g/mol. The minimum atomic E-state index is -0.371. The van der Waals surface area contributed by atoms with Crippen LogP contribution in [0.2, 0.25) is 0 Å². The van der Waals surface area contributed by atoms with Crippen molar-refractivity contribution in [2.75, 3.05) is 39.3 Å². The molecule has 0 atom stereocenters. The summed E-state index contributed by atoms with van der Waals surface area (Å²) < 4.78 is 5.55. The van der Waals surface area contributed by atoms with Crippen molar-refractivity contribution in [3.05, 3.63) is 71.8 Å². The molecule has 172 valence electrons. The number of rotatable bonds is 8. The van der Waals surface area contributed by atoms with Gasteiger partial charge in [0, 0.05) is 12.6 Å². The van der Waals surface area contributed by atoms with E-state index in [4.69, 9.17) is 4.74 Å². The predicted molar refractivity (Wildman–Crippen MR) is 130 cm³/mol. The van der Waals surface area contributed by atoms with Crippen molar-refractivity contribution in [3.8, 4) is 0 Å². The maximum absolute atomic E-state index is 13.0. The quantitative estimate of drug-likeness (QED) is 0.569. The Morgan fingerprint density at radius 1 is 0.906 bits per heavy atom. The third-order valence-electron chi connectivity index (χ3n) is 7.48. The minimum absolute atomic E-state index is 0.000709. The van der Waals surface area contributed by atoms with Crippen LogP contribution in [0.3, 0.4) is 0 Å². The summed E-state index contributed by atoms with van der Waals surface area (Å²) in [5.74, 6) is -0.000709. The van der Waals surface area contributed by atoms with Crippen LogP contribution in [0.25, 0.3) is 0 Å². The number of benzene rings is 2. The fourth-order valence-electron chi connectivity index (χ4n) is 5.48. The molecule has 4 nitrogen and oxygen atoms in total. The molecule has 4 rings (SSSR count). The van der Waals surface area contributed by atoms with Gasteiger partial charge in [0.1, 0.15) is 0 Å². The zero-order valence-corrected chi connectivity index (χ0v) is 19.5. The van der Waals surface area contributed by atoms with Gasteiger partial charge in [0.25, 0.3) is 0 Å². The number of carbonyl (C=O) groups excluding carboxylic acids is 1. The van der Waals surface area contributed by atoms with Gasteiger partial charge in [0.05, 0.1) is 12.0 Å². The van der Waals surface area contributed by atoms with E-state index in [1.807, 2.05) is 13.0 Å². The fraction of sp³-hybridized carbons (Fsp3) is 0.536. The Morgan fingerprint density at radius 3 is 2.09 bits per heavy atom. The fourth-order valence-corrected chi connectivity index (χ4v) is 5.48. The minimum Gasteiger partial charge on any atom is -0.466 e. The Hall–Kier alpha value is -2.17. The van der Waals surface area contributed by atoms with E-state index in [9.17, 15) is 4.79 Å². The highest BCUT2D eigenvalue weighted by molar-refractivity contribution is 5.77. The number of nitrogens with zero attached hydrogens (tertiary/aromatic N) is 2. The van der Waals surface area contributed by atoms with Crippen LogP contribution >= 0.6 is 0 Å². The van der Waals surface area contributed by atoms with Gasteiger partial charge in [-0.2, -0.15) is 0 Å². The summed E-state index contributed by atoms with van der Waals surface area (Å²) in [4.78, 5) is 18.3. The normalized spacial score (nSPS) is 20.2. The van der Waals surface area contributed by atoms with Gasteiger partial charge < -0.3 is 14.5 Å². The van der Waals surface area contributed by atoms with Gasteiger partial charge in [-0.15, -0.1) is 0 Å². The molecule has 0 N–H and O–H groups in total. The lowest BCUT2D eigenvalue weighted by Crippen LogP contribution is -2.52. The van der Waals surface area contributed by atoms with E-state index in [2.05, 4.69) is 64.4 Å². The Labute approximate surface area is 193 Å². The molecule has 0 amide bonds. The standard InChI is InChI=1S/C28H38N2O2/c1-2-32-27(31)28(23-25-11-7-4-8-12-25)16-21-30(22-17-28)26-14-19-29(20-15-26)18-13-24-9-5-3-6-10-24/h3-12,26H,2,13-23H2,1H3. The van der Waals surface area contributed by atoms with Gasteiger partial charge in [-0.25, -0.2) is 0 Å². The predicted octanol–water partition coefficient (Wildman–Crippen LogP) is 4.58. The van der Waals surface area contributed by atoms with E-state index in [1.54, 1.807) is 0 Å². The van der Waals surface area contributed by atoms with Crippen LogP contribution in [-0.2, 0) is 22.4 Å². The van der Waals surface area contributed by atoms with Crippen LogP contribution < -0.4 is 0 Å². The van der Waals surface area contributed by atoms with Gasteiger partial charge >= 0.3 is 5.97 Å². The van der Waals surface area contributed by atoms with Crippen molar-refractivity contribution in [1.82, 2.24) is 9.80 Å². The Morgan fingerprint density at radius 2 is 1.50 bits per heavy atom. The third-order valence-corrected chi connectivity index (χ3v) is 7.48. The first kappa shape index (κ1) is 23.0. The summed E-state index contributed by atoms with van der Waals surface area (Å²) in [5.41, 5.74) is 2.30. The summed E-state index contributed by atoms with van der Waals surface area (Å²) in [6, 6.07) is 21.9.